The van der Waals surface area contributed by atoms with Gasteiger partial charge in [0.1, 0.15) is 28.8 Å². The summed E-state index contributed by atoms with van der Waals surface area (Å²) in [5.41, 5.74) is 1.45. The van der Waals surface area contributed by atoms with E-state index in [1.54, 1.807) is 0 Å². The quantitative estimate of drug-likeness (QED) is 0.735. The fourth-order valence-electron chi connectivity index (χ4n) is 4.47. The number of benzene rings is 1. The van der Waals surface area contributed by atoms with Crippen molar-refractivity contribution in [3.8, 4) is 6.07 Å². The van der Waals surface area contributed by atoms with Gasteiger partial charge >= 0.3 is 0 Å². The molecular formula is C22H23N3O2S. The minimum Gasteiger partial charge on any atom is -0.466 e. The highest BCUT2D eigenvalue weighted by molar-refractivity contribution is 7.84. The van der Waals surface area contributed by atoms with Crippen LogP contribution in [0, 0.1) is 25.2 Å². The van der Waals surface area contributed by atoms with Gasteiger partial charge in [-0.3, -0.25) is 4.79 Å². The van der Waals surface area contributed by atoms with Gasteiger partial charge < -0.3 is 14.6 Å². The summed E-state index contributed by atoms with van der Waals surface area (Å²) in [6.07, 6.45) is 3.42. The minimum absolute atomic E-state index is 0.0476. The largest absolute Gasteiger partial charge is 0.466 e. The highest BCUT2D eigenvalue weighted by Gasteiger charge is 2.48. The summed E-state index contributed by atoms with van der Waals surface area (Å²) in [5, 5.41) is 13.1. The summed E-state index contributed by atoms with van der Waals surface area (Å²) in [6.45, 7) is 3.97. The molecule has 144 valence electrons. The lowest BCUT2D eigenvalue weighted by atomic mass is 9.77. The van der Waals surface area contributed by atoms with Gasteiger partial charge in [0.2, 0.25) is 0 Å². The number of carbonyl (C=O) groups is 1. The molecule has 1 N–H and O–H groups in total. The maximum atomic E-state index is 12.7. The van der Waals surface area contributed by atoms with Crippen LogP contribution in [0.1, 0.15) is 48.7 Å². The van der Waals surface area contributed by atoms with Crippen LogP contribution in [0.4, 0.5) is 5.69 Å². The van der Waals surface area contributed by atoms with Crippen molar-refractivity contribution in [1.29, 1.82) is 5.26 Å². The van der Waals surface area contributed by atoms with Crippen molar-refractivity contribution in [2.75, 3.05) is 4.90 Å². The number of carbonyl (C=O) groups excluding carboxylic acids is 1. The Balaban J connectivity index is 1.82. The molecule has 2 heterocycles. The van der Waals surface area contributed by atoms with E-state index in [-0.39, 0.29) is 17.4 Å². The molecule has 5 nitrogen and oxygen atoms in total. The summed E-state index contributed by atoms with van der Waals surface area (Å²) in [5.74, 6) is 1.68. The van der Waals surface area contributed by atoms with E-state index >= 15 is 0 Å². The molecule has 2 aromatic rings. The number of anilines is 1. The zero-order chi connectivity index (χ0) is 19.9. The SMILES string of the molecule is Cc1cccc(N2C(S)=C(C#N)C(=O)NC23CCCC(c2ccc(C)o2)C3)c1. The lowest BCUT2D eigenvalue weighted by Gasteiger charge is -2.51. The smallest absolute Gasteiger partial charge is 0.266 e. The molecule has 1 spiro atoms. The lowest BCUT2D eigenvalue weighted by molar-refractivity contribution is -0.120. The van der Waals surface area contributed by atoms with Crippen molar-refractivity contribution in [1.82, 2.24) is 5.32 Å². The molecule has 1 saturated carbocycles. The summed E-state index contributed by atoms with van der Waals surface area (Å²) in [7, 11) is 0. The first kappa shape index (κ1) is 18.7. The Morgan fingerprint density at radius 1 is 1.32 bits per heavy atom. The van der Waals surface area contributed by atoms with Crippen molar-refractivity contribution in [3.05, 3.63) is 64.1 Å². The first-order chi connectivity index (χ1) is 13.4. The van der Waals surface area contributed by atoms with Crippen LogP contribution in [0.25, 0.3) is 0 Å². The van der Waals surface area contributed by atoms with Gasteiger partial charge in [-0.15, -0.1) is 12.6 Å². The number of nitriles is 1. The van der Waals surface area contributed by atoms with Crippen LogP contribution in [-0.2, 0) is 4.79 Å². The second kappa shape index (κ2) is 7.06. The van der Waals surface area contributed by atoms with E-state index in [1.807, 2.05) is 55.1 Å². The number of nitrogens with one attached hydrogen (secondary N) is 1. The number of furan rings is 1. The summed E-state index contributed by atoms with van der Waals surface area (Å²) < 4.78 is 5.90. The van der Waals surface area contributed by atoms with E-state index in [4.69, 9.17) is 4.42 Å². The van der Waals surface area contributed by atoms with Crippen LogP contribution >= 0.6 is 12.6 Å². The zero-order valence-electron chi connectivity index (χ0n) is 16.0. The molecule has 4 rings (SSSR count). The third kappa shape index (κ3) is 3.10. The van der Waals surface area contributed by atoms with Gasteiger partial charge in [-0.1, -0.05) is 12.1 Å². The van der Waals surface area contributed by atoms with E-state index in [9.17, 15) is 10.1 Å². The first-order valence-electron chi connectivity index (χ1n) is 9.52. The molecule has 6 heteroatoms. The number of thiol groups is 1. The molecule has 1 aliphatic heterocycles. The Labute approximate surface area is 170 Å². The van der Waals surface area contributed by atoms with Gasteiger partial charge in [-0.05, 0) is 69.4 Å². The van der Waals surface area contributed by atoms with E-state index in [1.165, 1.54) is 0 Å². The standard InChI is InChI=1S/C22H23N3O2S/c1-14-5-3-7-17(11-14)25-21(28)18(13-23)20(26)24-22(25)10-4-6-16(12-22)19-9-8-15(2)27-19/h3,5,7-9,11,16,28H,4,6,10,12H2,1-2H3,(H,24,26). The number of hydrogen-bond donors (Lipinski definition) is 2. The topological polar surface area (TPSA) is 69.3 Å². The monoisotopic (exact) mass is 393 g/mol. The van der Waals surface area contributed by atoms with Crippen LogP contribution in [0.3, 0.4) is 0 Å². The molecule has 0 bridgehead atoms. The van der Waals surface area contributed by atoms with Crippen LogP contribution < -0.4 is 10.2 Å². The van der Waals surface area contributed by atoms with Crippen LogP contribution in [0.15, 0.2) is 51.4 Å². The zero-order valence-corrected chi connectivity index (χ0v) is 16.9. The summed E-state index contributed by atoms with van der Waals surface area (Å²) in [4.78, 5) is 14.7. The Bertz CT molecular complexity index is 1000. The highest BCUT2D eigenvalue weighted by Crippen LogP contribution is 2.46. The lowest BCUT2D eigenvalue weighted by Crippen LogP contribution is -2.65. The minimum atomic E-state index is -0.633. The number of nitrogens with zero attached hydrogens (tertiary/aromatic N) is 2. The normalized spacial score (nSPS) is 25.0. The molecule has 28 heavy (non-hydrogen) atoms. The van der Waals surface area contributed by atoms with Gasteiger partial charge in [0, 0.05) is 11.6 Å². The number of hydrogen-bond acceptors (Lipinski definition) is 5. The molecular weight excluding hydrogens is 370 g/mol. The van der Waals surface area contributed by atoms with Crippen LogP contribution in [-0.4, -0.2) is 11.6 Å². The Hall–Kier alpha value is -2.65. The van der Waals surface area contributed by atoms with E-state index in [0.29, 0.717) is 11.4 Å². The molecule has 1 aliphatic carbocycles. The maximum absolute atomic E-state index is 12.7. The van der Waals surface area contributed by atoms with Crippen molar-refractivity contribution < 1.29 is 9.21 Å². The molecule has 2 aliphatic rings. The fourth-order valence-corrected chi connectivity index (χ4v) is 4.93. The third-order valence-corrected chi connectivity index (χ3v) is 6.12. The third-order valence-electron chi connectivity index (χ3n) is 5.70. The Morgan fingerprint density at radius 2 is 2.14 bits per heavy atom. The summed E-state index contributed by atoms with van der Waals surface area (Å²) in [6, 6.07) is 14.1. The van der Waals surface area contributed by atoms with E-state index in [0.717, 1.165) is 42.0 Å². The molecule has 1 aromatic carbocycles. The van der Waals surface area contributed by atoms with Crippen LogP contribution in [0.2, 0.25) is 0 Å². The predicted molar refractivity (Wildman–Crippen MR) is 111 cm³/mol. The molecule has 2 unspecified atom stereocenters. The second-order valence-electron chi connectivity index (χ2n) is 7.71. The molecule has 1 amide bonds. The van der Waals surface area contributed by atoms with Crippen molar-refractivity contribution >= 4 is 24.2 Å². The van der Waals surface area contributed by atoms with E-state index < -0.39 is 5.66 Å². The van der Waals surface area contributed by atoms with Gasteiger partial charge in [0.15, 0.2) is 0 Å². The second-order valence-corrected chi connectivity index (χ2v) is 8.14. The molecule has 1 fully saturated rings. The highest BCUT2D eigenvalue weighted by atomic mass is 32.1. The maximum Gasteiger partial charge on any atom is 0.266 e. The van der Waals surface area contributed by atoms with E-state index in [2.05, 4.69) is 24.0 Å². The van der Waals surface area contributed by atoms with Gasteiger partial charge in [0.05, 0.1) is 5.03 Å². The molecule has 1 aromatic heterocycles. The van der Waals surface area contributed by atoms with Crippen molar-refractivity contribution in [3.63, 3.8) is 0 Å². The first-order valence-corrected chi connectivity index (χ1v) is 9.97. The Kier molecular flexibility index (Phi) is 4.72. The van der Waals surface area contributed by atoms with Gasteiger partial charge in [-0.2, -0.15) is 5.26 Å². The fraction of sp³-hybridized carbons (Fsp3) is 0.364. The van der Waals surface area contributed by atoms with Gasteiger partial charge in [0.25, 0.3) is 5.91 Å². The number of aryl methyl sites for hydroxylation is 2. The predicted octanol–water partition coefficient (Wildman–Crippen LogP) is 4.55. The average Bonchev–Trinajstić information content (AvgIpc) is 3.08. The number of amides is 1. The van der Waals surface area contributed by atoms with Crippen LogP contribution in [0.5, 0.6) is 0 Å². The molecule has 0 radical (unpaired) electrons. The van der Waals surface area contributed by atoms with Crippen molar-refractivity contribution in [2.45, 2.75) is 51.1 Å². The molecule has 0 saturated heterocycles. The summed E-state index contributed by atoms with van der Waals surface area (Å²) >= 11 is 4.64. The Morgan fingerprint density at radius 3 is 2.82 bits per heavy atom. The average molecular weight is 394 g/mol. The van der Waals surface area contributed by atoms with Gasteiger partial charge in [-0.25, -0.2) is 0 Å². The number of rotatable bonds is 2. The molecule has 2 atom stereocenters. The van der Waals surface area contributed by atoms with Crippen molar-refractivity contribution in [2.24, 2.45) is 0 Å².